The molecule has 1 aromatic heterocycles. The van der Waals surface area contributed by atoms with Gasteiger partial charge in [-0.05, 0) is 25.1 Å². The molecular weight excluding hydrogens is 212 g/mol. The summed E-state index contributed by atoms with van der Waals surface area (Å²) in [6.45, 7) is 1.94. The molecular formula is C11H13ClN2O. The molecule has 0 aliphatic carbocycles. The normalized spacial score (nSPS) is 19.0. The van der Waals surface area contributed by atoms with Gasteiger partial charge < -0.3 is 10.1 Å². The molecule has 0 radical (unpaired) electrons. The predicted molar refractivity (Wildman–Crippen MR) is 61.3 cm³/mol. The van der Waals surface area contributed by atoms with Gasteiger partial charge in [0.1, 0.15) is 17.5 Å². The van der Waals surface area contributed by atoms with Gasteiger partial charge >= 0.3 is 0 Å². The van der Waals surface area contributed by atoms with Crippen molar-refractivity contribution in [3.8, 4) is 18.1 Å². The molecule has 80 valence electrons. The van der Waals surface area contributed by atoms with Crippen molar-refractivity contribution in [3.63, 3.8) is 0 Å². The Labute approximate surface area is 95.7 Å². The van der Waals surface area contributed by atoms with Crippen molar-refractivity contribution < 1.29 is 4.74 Å². The summed E-state index contributed by atoms with van der Waals surface area (Å²) in [5.74, 6) is 3.26. The fourth-order valence-corrected chi connectivity index (χ4v) is 1.46. The summed E-state index contributed by atoms with van der Waals surface area (Å²) in [6.07, 6.45) is 8.20. The third-order valence-corrected chi connectivity index (χ3v) is 2.20. The van der Waals surface area contributed by atoms with E-state index in [1.54, 1.807) is 12.3 Å². The van der Waals surface area contributed by atoms with Crippen LogP contribution in [0.3, 0.4) is 0 Å². The Kier molecular flexibility index (Phi) is 4.41. The van der Waals surface area contributed by atoms with Crippen LogP contribution >= 0.6 is 12.4 Å². The number of halogens is 1. The van der Waals surface area contributed by atoms with Crippen LogP contribution in [0.2, 0.25) is 0 Å². The van der Waals surface area contributed by atoms with Gasteiger partial charge in [-0.15, -0.1) is 18.8 Å². The van der Waals surface area contributed by atoms with Crippen molar-refractivity contribution in [2.24, 2.45) is 0 Å². The maximum atomic E-state index is 5.68. The molecule has 1 saturated heterocycles. The molecule has 2 rings (SSSR count). The van der Waals surface area contributed by atoms with Crippen LogP contribution in [0.25, 0.3) is 0 Å². The summed E-state index contributed by atoms with van der Waals surface area (Å²) in [6, 6.07) is 3.65. The van der Waals surface area contributed by atoms with Crippen LogP contribution < -0.4 is 10.1 Å². The minimum absolute atomic E-state index is 0. The first kappa shape index (κ1) is 11.8. The number of terminal acetylenes is 1. The number of aromatic nitrogens is 1. The third kappa shape index (κ3) is 3.12. The monoisotopic (exact) mass is 224 g/mol. The standard InChI is InChI=1S/C11H12N2O.ClH/c1-2-9-3-4-10(8-13-9)14-11-5-6-12-7-11;/h1,3-4,8,11-12H,5-7H2;1H/t11-;/m0./s1. The van der Waals surface area contributed by atoms with Gasteiger partial charge in [-0.1, -0.05) is 5.92 Å². The molecule has 1 fully saturated rings. The van der Waals surface area contributed by atoms with E-state index >= 15 is 0 Å². The first-order valence-electron chi connectivity index (χ1n) is 4.68. The van der Waals surface area contributed by atoms with Gasteiger partial charge in [-0.3, -0.25) is 0 Å². The smallest absolute Gasteiger partial charge is 0.138 e. The van der Waals surface area contributed by atoms with Crippen molar-refractivity contribution >= 4 is 12.4 Å². The number of hydrogen-bond acceptors (Lipinski definition) is 3. The fourth-order valence-electron chi connectivity index (χ4n) is 1.46. The second-order valence-electron chi connectivity index (χ2n) is 3.26. The lowest BCUT2D eigenvalue weighted by Crippen LogP contribution is -2.19. The molecule has 0 aromatic carbocycles. The average molecular weight is 225 g/mol. The molecule has 4 heteroatoms. The van der Waals surface area contributed by atoms with Crippen molar-refractivity contribution in [1.82, 2.24) is 10.3 Å². The molecule has 0 amide bonds. The molecule has 1 aliphatic rings. The molecule has 15 heavy (non-hydrogen) atoms. The Morgan fingerprint density at radius 3 is 2.93 bits per heavy atom. The summed E-state index contributed by atoms with van der Waals surface area (Å²) < 4.78 is 5.68. The van der Waals surface area contributed by atoms with Gasteiger partial charge in [-0.25, -0.2) is 4.98 Å². The molecule has 1 aliphatic heterocycles. The zero-order chi connectivity index (χ0) is 9.80. The van der Waals surface area contributed by atoms with E-state index in [0.717, 1.165) is 25.3 Å². The Morgan fingerprint density at radius 1 is 1.53 bits per heavy atom. The minimum atomic E-state index is 0. The van der Waals surface area contributed by atoms with Crippen molar-refractivity contribution in [2.45, 2.75) is 12.5 Å². The summed E-state index contributed by atoms with van der Waals surface area (Å²) in [5, 5.41) is 3.24. The molecule has 0 saturated carbocycles. The number of nitrogens with zero attached hydrogens (tertiary/aromatic N) is 1. The quantitative estimate of drug-likeness (QED) is 0.768. The lowest BCUT2D eigenvalue weighted by atomic mass is 10.3. The first-order chi connectivity index (χ1) is 6.88. The van der Waals surface area contributed by atoms with E-state index in [2.05, 4.69) is 16.2 Å². The van der Waals surface area contributed by atoms with Gasteiger partial charge in [0.25, 0.3) is 0 Å². The Bertz CT molecular complexity index is 339. The summed E-state index contributed by atoms with van der Waals surface area (Å²) in [5.41, 5.74) is 0.641. The van der Waals surface area contributed by atoms with E-state index in [9.17, 15) is 0 Å². The average Bonchev–Trinajstić information content (AvgIpc) is 2.72. The lowest BCUT2D eigenvalue weighted by molar-refractivity contribution is 0.222. The lowest BCUT2D eigenvalue weighted by Gasteiger charge is -2.11. The molecule has 0 bridgehead atoms. The van der Waals surface area contributed by atoms with Crippen molar-refractivity contribution in [2.75, 3.05) is 13.1 Å². The number of ether oxygens (including phenoxy) is 1. The van der Waals surface area contributed by atoms with E-state index in [0.29, 0.717) is 5.69 Å². The summed E-state index contributed by atoms with van der Waals surface area (Å²) >= 11 is 0. The van der Waals surface area contributed by atoms with Gasteiger partial charge in [-0.2, -0.15) is 0 Å². The first-order valence-corrected chi connectivity index (χ1v) is 4.68. The maximum Gasteiger partial charge on any atom is 0.138 e. The van der Waals surface area contributed by atoms with E-state index in [1.807, 2.05) is 6.07 Å². The van der Waals surface area contributed by atoms with E-state index < -0.39 is 0 Å². The van der Waals surface area contributed by atoms with E-state index in [1.165, 1.54) is 0 Å². The molecule has 1 aromatic rings. The van der Waals surface area contributed by atoms with Crippen LogP contribution in [0.5, 0.6) is 5.75 Å². The number of hydrogen-bond donors (Lipinski definition) is 1. The predicted octanol–water partition coefficient (Wildman–Crippen LogP) is 1.23. The Morgan fingerprint density at radius 2 is 2.40 bits per heavy atom. The van der Waals surface area contributed by atoms with Crippen LogP contribution in [-0.4, -0.2) is 24.2 Å². The van der Waals surface area contributed by atoms with Crippen molar-refractivity contribution in [1.29, 1.82) is 0 Å². The third-order valence-electron chi connectivity index (χ3n) is 2.20. The van der Waals surface area contributed by atoms with E-state index in [-0.39, 0.29) is 18.5 Å². The maximum absolute atomic E-state index is 5.68. The highest BCUT2D eigenvalue weighted by Gasteiger charge is 2.15. The molecule has 1 atom stereocenters. The van der Waals surface area contributed by atoms with Crippen molar-refractivity contribution in [3.05, 3.63) is 24.0 Å². The number of pyridine rings is 1. The second kappa shape index (κ2) is 5.59. The molecule has 3 nitrogen and oxygen atoms in total. The largest absolute Gasteiger partial charge is 0.487 e. The molecule has 2 heterocycles. The zero-order valence-electron chi connectivity index (χ0n) is 8.27. The van der Waals surface area contributed by atoms with Crippen LogP contribution in [0, 0.1) is 12.3 Å². The Balaban J connectivity index is 0.00000112. The van der Waals surface area contributed by atoms with Gasteiger partial charge in [0.15, 0.2) is 0 Å². The molecule has 0 spiro atoms. The highest BCUT2D eigenvalue weighted by molar-refractivity contribution is 5.85. The van der Waals surface area contributed by atoms with Gasteiger partial charge in [0.2, 0.25) is 0 Å². The topological polar surface area (TPSA) is 34.1 Å². The minimum Gasteiger partial charge on any atom is -0.487 e. The van der Waals surface area contributed by atoms with Crippen LogP contribution in [0.15, 0.2) is 18.3 Å². The molecule has 1 N–H and O–H groups in total. The fraction of sp³-hybridized carbons (Fsp3) is 0.364. The highest BCUT2D eigenvalue weighted by atomic mass is 35.5. The highest BCUT2D eigenvalue weighted by Crippen LogP contribution is 2.13. The SMILES string of the molecule is C#Cc1ccc(O[C@H]2CCNC2)cn1.Cl. The number of nitrogens with one attached hydrogen (secondary N) is 1. The second-order valence-corrected chi connectivity index (χ2v) is 3.26. The van der Waals surface area contributed by atoms with Gasteiger partial charge in [0, 0.05) is 6.54 Å². The van der Waals surface area contributed by atoms with E-state index in [4.69, 9.17) is 11.2 Å². The Hall–Kier alpha value is -1.24. The van der Waals surface area contributed by atoms with Crippen LogP contribution in [-0.2, 0) is 0 Å². The van der Waals surface area contributed by atoms with Gasteiger partial charge in [0.05, 0.1) is 6.20 Å². The van der Waals surface area contributed by atoms with Crippen LogP contribution in [0.4, 0.5) is 0 Å². The zero-order valence-corrected chi connectivity index (χ0v) is 9.09. The van der Waals surface area contributed by atoms with Crippen LogP contribution in [0.1, 0.15) is 12.1 Å². The summed E-state index contributed by atoms with van der Waals surface area (Å²) in [7, 11) is 0. The summed E-state index contributed by atoms with van der Waals surface area (Å²) in [4.78, 5) is 4.06. The molecule has 0 unspecified atom stereocenters. The number of rotatable bonds is 2.